The maximum Gasteiger partial charge on any atom is 0.410 e. The van der Waals surface area contributed by atoms with Gasteiger partial charge in [-0.05, 0) is 40.7 Å². The molecule has 9 heteroatoms. The molecule has 1 aromatic carbocycles. The van der Waals surface area contributed by atoms with E-state index in [1.807, 2.05) is 77.1 Å². The number of carbonyl (C=O) groups excluding carboxylic acids is 2. The van der Waals surface area contributed by atoms with Gasteiger partial charge in [0.25, 0.3) is 5.91 Å². The number of benzene rings is 1. The SMILES string of the molecule is C\C=C(COC)/N=C\C(=C/C)n1nc(C(=O)N2CCN(C(=O)OC(C)(C)C)CC2)cc1-c1ccccc1. The number of ether oxygens (including phenoxy) is 2. The average Bonchev–Trinajstić information content (AvgIpc) is 3.33. The normalized spacial score (nSPS) is 15.4. The Morgan fingerprint density at radius 2 is 1.68 bits per heavy atom. The van der Waals surface area contributed by atoms with Crippen molar-refractivity contribution >= 4 is 23.9 Å². The predicted molar refractivity (Wildman–Crippen MR) is 145 cm³/mol. The number of nitrogens with zero attached hydrogens (tertiary/aromatic N) is 5. The number of carbonyl (C=O) groups is 2. The lowest BCUT2D eigenvalue weighted by Crippen LogP contribution is -2.51. The Morgan fingerprint density at radius 1 is 1.03 bits per heavy atom. The van der Waals surface area contributed by atoms with Crippen molar-refractivity contribution < 1.29 is 19.1 Å². The Balaban J connectivity index is 1.85. The lowest BCUT2D eigenvalue weighted by molar-refractivity contribution is 0.0140. The Bertz CT molecular complexity index is 1170. The Morgan fingerprint density at radius 3 is 2.24 bits per heavy atom. The highest BCUT2D eigenvalue weighted by Gasteiger charge is 2.29. The lowest BCUT2D eigenvalue weighted by Gasteiger charge is -2.35. The molecule has 1 aliphatic rings. The first kappa shape index (κ1) is 27.9. The molecule has 2 aromatic rings. The van der Waals surface area contributed by atoms with E-state index in [-0.39, 0.29) is 12.0 Å². The van der Waals surface area contributed by atoms with Crippen molar-refractivity contribution in [1.29, 1.82) is 0 Å². The molecule has 0 aliphatic carbocycles. The molecule has 2 amide bonds. The van der Waals surface area contributed by atoms with E-state index in [0.717, 1.165) is 22.7 Å². The fraction of sp³-hybridized carbons (Fsp3) is 0.429. The predicted octanol–water partition coefficient (Wildman–Crippen LogP) is 4.72. The smallest absolute Gasteiger partial charge is 0.410 e. The van der Waals surface area contributed by atoms with Crippen LogP contribution in [0, 0.1) is 0 Å². The molecule has 0 bridgehead atoms. The van der Waals surface area contributed by atoms with Crippen LogP contribution >= 0.6 is 0 Å². The van der Waals surface area contributed by atoms with E-state index in [1.54, 1.807) is 33.9 Å². The van der Waals surface area contributed by atoms with Gasteiger partial charge in [-0.3, -0.25) is 9.79 Å². The summed E-state index contributed by atoms with van der Waals surface area (Å²) in [5.74, 6) is -0.180. The zero-order chi connectivity index (χ0) is 27.0. The molecule has 37 heavy (non-hydrogen) atoms. The molecule has 1 fully saturated rings. The van der Waals surface area contributed by atoms with Gasteiger partial charge in [0, 0.05) is 38.9 Å². The summed E-state index contributed by atoms with van der Waals surface area (Å²) in [5, 5.41) is 4.70. The molecule has 3 rings (SSSR count). The van der Waals surface area contributed by atoms with Crippen molar-refractivity contribution in [2.75, 3.05) is 39.9 Å². The van der Waals surface area contributed by atoms with Gasteiger partial charge in [0.15, 0.2) is 5.69 Å². The van der Waals surface area contributed by atoms with Crippen LogP contribution in [0.2, 0.25) is 0 Å². The third kappa shape index (κ3) is 7.39. The van der Waals surface area contributed by atoms with Crippen molar-refractivity contribution in [2.45, 2.75) is 40.2 Å². The van der Waals surface area contributed by atoms with Crippen molar-refractivity contribution in [3.63, 3.8) is 0 Å². The second kappa shape index (κ2) is 12.5. The van der Waals surface area contributed by atoms with E-state index >= 15 is 0 Å². The molecule has 1 saturated heterocycles. The largest absolute Gasteiger partial charge is 0.444 e. The van der Waals surface area contributed by atoms with Gasteiger partial charge in [-0.1, -0.05) is 42.5 Å². The van der Waals surface area contributed by atoms with Gasteiger partial charge in [0.05, 0.1) is 29.9 Å². The molecule has 0 saturated carbocycles. The molecule has 198 valence electrons. The molecule has 0 spiro atoms. The summed E-state index contributed by atoms with van der Waals surface area (Å²) in [4.78, 5) is 33.8. The number of piperazine rings is 1. The van der Waals surface area contributed by atoms with Crippen LogP contribution in [0.1, 0.15) is 45.1 Å². The number of hydrogen-bond acceptors (Lipinski definition) is 6. The van der Waals surface area contributed by atoms with E-state index in [2.05, 4.69) is 4.99 Å². The minimum Gasteiger partial charge on any atom is -0.444 e. The van der Waals surface area contributed by atoms with Gasteiger partial charge in [-0.15, -0.1) is 0 Å². The highest BCUT2D eigenvalue weighted by Crippen LogP contribution is 2.24. The molecule has 0 unspecified atom stereocenters. The Hall–Kier alpha value is -3.72. The van der Waals surface area contributed by atoms with E-state index in [0.29, 0.717) is 38.5 Å². The maximum absolute atomic E-state index is 13.4. The number of hydrogen-bond donors (Lipinski definition) is 0. The number of aromatic nitrogens is 2. The average molecular weight is 508 g/mol. The molecule has 9 nitrogen and oxygen atoms in total. The standard InChI is InChI=1S/C28H37N5O4/c1-7-22(20-36-6)29-19-23(8-2)33-25(21-12-10-9-11-13-21)18-24(30-33)26(34)31-14-16-32(17-15-31)27(35)37-28(3,4)5/h7-13,18-19H,14-17,20H2,1-6H3/b22-7-,23-8+,29-19-. The number of amides is 2. The van der Waals surface area contributed by atoms with Crippen LogP contribution in [-0.2, 0) is 9.47 Å². The van der Waals surface area contributed by atoms with Crippen molar-refractivity contribution in [3.8, 4) is 11.3 Å². The quantitative estimate of drug-likeness (QED) is 0.506. The third-order valence-corrected chi connectivity index (χ3v) is 5.75. The summed E-state index contributed by atoms with van der Waals surface area (Å²) in [6, 6.07) is 11.6. The van der Waals surface area contributed by atoms with E-state index in [9.17, 15) is 9.59 Å². The van der Waals surface area contributed by atoms with Crippen molar-refractivity contribution in [2.24, 2.45) is 4.99 Å². The molecular weight excluding hydrogens is 470 g/mol. The van der Waals surface area contributed by atoms with Crippen LogP contribution in [0.4, 0.5) is 4.79 Å². The first-order valence-corrected chi connectivity index (χ1v) is 12.4. The molecule has 0 N–H and O–H groups in total. The van der Waals surface area contributed by atoms with E-state index in [1.165, 1.54) is 0 Å². The van der Waals surface area contributed by atoms with Crippen molar-refractivity contribution in [1.82, 2.24) is 19.6 Å². The third-order valence-electron chi connectivity index (χ3n) is 5.75. The Labute approximate surface area is 219 Å². The highest BCUT2D eigenvalue weighted by atomic mass is 16.6. The molecule has 0 atom stereocenters. The van der Waals surface area contributed by atoms with Crippen LogP contribution in [0.5, 0.6) is 0 Å². The topological polar surface area (TPSA) is 89.3 Å². The number of rotatable bonds is 7. The van der Waals surface area contributed by atoms with E-state index < -0.39 is 5.60 Å². The van der Waals surface area contributed by atoms with Crippen LogP contribution < -0.4 is 0 Å². The van der Waals surface area contributed by atoms with E-state index in [4.69, 9.17) is 14.6 Å². The fourth-order valence-corrected chi connectivity index (χ4v) is 3.82. The zero-order valence-corrected chi connectivity index (χ0v) is 22.6. The summed E-state index contributed by atoms with van der Waals surface area (Å²) in [6.45, 7) is 11.4. The summed E-state index contributed by atoms with van der Waals surface area (Å²) >= 11 is 0. The number of aliphatic imine (C=N–C) groups is 1. The zero-order valence-electron chi connectivity index (χ0n) is 22.6. The minimum atomic E-state index is -0.560. The summed E-state index contributed by atoms with van der Waals surface area (Å²) < 4.78 is 12.4. The highest BCUT2D eigenvalue weighted by molar-refractivity contribution is 6.04. The van der Waals surface area contributed by atoms with Crippen molar-refractivity contribution in [3.05, 3.63) is 59.9 Å². The Kier molecular flexibility index (Phi) is 9.41. The van der Waals surface area contributed by atoms with Crippen LogP contribution in [0.15, 0.2) is 59.2 Å². The summed E-state index contributed by atoms with van der Waals surface area (Å²) in [5.41, 5.74) is 3.00. The molecule has 2 heterocycles. The van der Waals surface area contributed by atoms with Gasteiger partial charge in [-0.2, -0.15) is 5.10 Å². The van der Waals surface area contributed by atoms with Crippen LogP contribution in [-0.4, -0.2) is 83.3 Å². The minimum absolute atomic E-state index is 0.180. The maximum atomic E-state index is 13.4. The number of methoxy groups -OCH3 is 1. The summed E-state index contributed by atoms with van der Waals surface area (Å²) in [7, 11) is 1.63. The molecule has 0 radical (unpaired) electrons. The monoisotopic (exact) mass is 507 g/mol. The summed E-state index contributed by atoms with van der Waals surface area (Å²) in [6.07, 6.45) is 5.15. The second-order valence-corrected chi connectivity index (χ2v) is 9.64. The fourth-order valence-electron chi connectivity index (χ4n) is 3.82. The van der Waals surface area contributed by atoms with Crippen LogP contribution in [0.25, 0.3) is 17.0 Å². The second-order valence-electron chi connectivity index (χ2n) is 9.64. The molecule has 1 aliphatic heterocycles. The first-order valence-electron chi connectivity index (χ1n) is 12.4. The number of allylic oxidation sites excluding steroid dienone is 3. The van der Waals surface area contributed by atoms with Gasteiger partial charge >= 0.3 is 6.09 Å². The first-order chi connectivity index (χ1) is 17.7. The van der Waals surface area contributed by atoms with Gasteiger partial charge in [0.2, 0.25) is 0 Å². The van der Waals surface area contributed by atoms with Gasteiger partial charge < -0.3 is 19.3 Å². The molecule has 1 aromatic heterocycles. The van der Waals surface area contributed by atoms with Crippen LogP contribution in [0.3, 0.4) is 0 Å². The van der Waals surface area contributed by atoms with Gasteiger partial charge in [0.1, 0.15) is 5.60 Å². The molecular formula is C28H37N5O4. The lowest BCUT2D eigenvalue weighted by atomic mass is 10.1. The van der Waals surface area contributed by atoms with Gasteiger partial charge in [-0.25, -0.2) is 9.48 Å².